The third-order valence-electron chi connectivity index (χ3n) is 2.43. The lowest BCUT2D eigenvalue weighted by atomic mass is 10.1. The molecule has 0 aromatic carbocycles. The van der Waals surface area contributed by atoms with Crippen molar-refractivity contribution in [2.75, 3.05) is 5.32 Å². The molecule has 7 heteroatoms. The first kappa shape index (κ1) is 14.0. The number of hydrogen-bond donors (Lipinski definition) is 3. The van der Waals surface area contributed by atoms with Crippen molar-refractivity contribution >= 4 is 17.8 Å². The van der Waals surface area contributed by atoms with Crippen LogP contribution in [-0.2, 0) is 11.3 Å². The highest BCUT2D eigenvalue weighted by Crippen LogP contribution is 2.04. The van der Waals surface area contributed by atoms with E-state index >= 15 is 0 Å². The molecule has 18 heavy (non-hydrogen) atoms. The molecule has 1 heterocycles. The zero-order chi connectivity index (χ0) is 13.7. The summed E-state index contributed by atoms with van der Waals surface area (Å²) in [5, 5.41) is 17.9. The van der Waals surface area contributed by atoms with E-state index in [1.165, 1.54) is 0 Å². The summed E-state index contributed by atoms with van der Waals surface area (Å²) in [5.41, 5.74) is 0. The molecule has 7 nitrogen and oxygen atoms in total. The number of carbonyl (C=O) groups is 2. The van der Waals surface area contributed by atoms with Crippen LogP contribution < -0.4 is 10.6 Å². The third kappa shape index (κ3) is 3.76. The van der Waals surface area contributed by atoms with Gasteiger partial charge >= 0.3 is 12.0 Å². The number of rotatable bonds is 5. The molecule has 0 aliphatic carbocycles. The van der Waals surface area contributed by atoms with Crippen molar-refractivity contribution < 1.29 is 14.7 Å². The number of carboxylic acid groups (broad SMARTS) is 1. The van der Waals surface area contributed by atoms with Gasteiger partial charge in [0, 0.05) is 18.8 Å². The molecule has 1 aromatic rings. The highest BCUT2D eigenvalue weighted by atomic mass is 16.4. The summed E-state index contributed by atoms with van der Waals surface area (Å²) in [7, 11) is 0. The van der Waals surface area contributed by atoms with Crippen molar-refractivity contribution in [1.82, 2.24) is 15.1 Å². The Morgan fingerprint density at radius 1 is 1.50 bits per heavy atom. The molecule has 0 aliphatic rings. The monoisotopic (exact) mass is 254 g/mol. The van der Waals surface area contributed by atoms with Crippen LogP contribution in [0, 0.1) is 5.92 Å². The van der Waals surface area contributed by atoms with Crippen LogP contribution in [0.2, 0.25) is 0 Å². The summed E-state index contributed by atoms with van der Waals surface area (Å²) in [6.45, 7) is 6.08. The number of nitrogens with one attached hydrogen (secondary N) is 2. The topological polar surface area (TPSA) is 96.2 Å². The van der Waals surface area contributed by atoms with Crippen LogP contribution in [-0.4, -0.2) is 32.9 Å². The van der Waals surface area contributed by atoms with E-state index in [1.807, 2.05) is 6.92 Å². The number of aryl methyl sites for hydroxylation is 1. The molecule has 0 bridgehead atoms. The Labute approximate surface area is 105 Å². The van der Waals surface area contributed by atoms with Crippen LogP contribution in [0.25, 0.3) is 0 Å². The zero-order valence-electron chi connectivity index (χ0n) is 10.7. The van der Waals surface area contributed by atoms with Gasteiger partial charge in [0.25, 0.3) is 0 Å². The molecule has 1 atom stereocenters. The molecule has 1 rings (SSSR count). The average Bonchev–Trinajstić information content (AvgIpc) is 2.72. The standard InChI is InChI=1S/C11H18N4O3/c1-4-15-6-5-8(14-15)12-11(18)13-9(7(2)3)10(16)17/h5-7,9H,4H2,1-3H3,(H,16,17)(H2,12,13,14,18)/t9-/m0/s1. The summed E-state index contributed by atoms with van der Waals surface area (Å²) in [5.74, 6) is -0.858. The number of nitrogens with zero attached hydrogens (tertiary/aromatic N) is 2. The van der Waals surface area contributed by atoms with Gasteiger partial charge in [-0.25, -0.2) is 9.59 Å². The molecule has 1 aromatic heterocycles. The first-order valence-electron chi connectivity index (χ1n) is 5.77. The largest absolute Gasteiger partial charge is 0.480 e. The molecule has 2 amide bonds. The van der Waals surface area contributed by atoms with E-state index in [9.17, 15) is 9.59 Å². The number of carbonyl (C=O) groups excluding carboxylic acids is 1. The fourth-order valence-electron chi connectivity index (χ4n) is 1.41. The van der Waals surface area contributed by atoms with Crippen LogP contribution >= 0.6 is 0 Å². The molecule has 0 unspecified atom stereocenters. The lowest BCUT2D eigenvalue weighted by Gasteiger charge is -2.17. The minimum Gasteiger partial charge on any atom is -0.480 e. The van der Waals surface area contributed by atoms with Crippen molar-refractivity contribution in [3.8, 4) is 0 Å². The Morgan fingerprint density at radius 2 is 2.17 bits per heavy atom. The SMILES string of the molecule is CCn1ccc(NC(=O)N[C@H](C(=O)O)C(C)C)n1. The number of hydrogen-bond acceptors (Lipinski definition) is 3. The average molecular weight is 254 g/mol. The summed E-state index contributed by atoms with van der Waals surface area (Å²) >= 11 is 0. The molecule has 0 saturated heterocycles. The fourth-order valence-corrected chi connectivity index (χ4v) is 1.41. The minimum absolute atomic E-state index is 0.193. The van der Waals surface area contributed by atoms with E-state index in [2.05, 4.69) is 15.7 Å². The van der Waals surface area contributed by atoms with Crippen LogP contribution in [0.3, 0.4) is 0 Å². The normalized spacial score (nSPS) is 12.2. The summed E-state index contributed by atoms with van der Waals surface area (Å²) in [6, 6.07) is 0.157. The molecule has 100 valence electrons. The van der Waals surface area contributed by atoms with E-state index in [0.717, 1.165) is 0 Å². The van der Waals surface area contributed by atoms with Gasteiger partial charge in [0.2, 0.25) is 0 Å². The van der Waals surface area contributed by atoms with E-state index in [1.54, 1.807) is 30.8 Å². The quantitative estimate of drug-likeness (QED) is 0.734. The molecule has 0 aliphatic heterocycles. The number of urea groups is 1. The van der Waals surface area contributed by atoms with Crippen molar-refractivity contribution in [1.29, 1.82) is 0 Å². The van der Waals surface area contributed by atoms with E-state index in [0.29, 0.717) is 12.4 Å². The maximum atomic E-state index is 11.6. The second-order valence-electron chi connectivity index (χ2n) is 4.22. The van der Waals surface area contributed by atoms with Gasteiger partial charge in [-0.05, 0) is 12.8 Å². The van der Waals surface area contributed by atoms with Crippen molar-refractivity contribution in [3.05, 3.63) is 12.3 Å². The van der Waals surface area contributed by atoms with Crippen LogP contribution in [0.15, 0.2) is 12.3 Å². The van der Waals surface area contributed by atoms with Gasteiger partial charge < -0.3 is 10.4 Å². The van der Waals surface area contributed by atoms with Crippen LogP contribution in [0.4, 0.5) is 10.6 Å². The van der Waals surface area contributed by atoms with Crippen molar-refractivity contribution in [3.63, 3.8) is 0 Å². The number of aliphatic carboxylic acids is 1. The minimum atomic E-state index is -1.06. The summed E-state index contributed by atoms with van der Waals surface area (Å²) < 4.78 is 1.66. The lowest BCUT2D eigenvalue weighted by molar-refractivity contribution is -0.140. The van der Waals surface area contributed by atoms with Crippen molar-refractivity contribution in [2.45, 2.75) is 33.4 Å². The van der Waals surface area contributed by atoms with E-state index in [4.69, 9.17) is 5.11 Å². The van der Waals surface area contributed by atoms with Crippen LogP contribution in [0.5, 0.6) is 0 Å². The maximum absolute atomic E-state index is 11.6. The molecular weight excluding hydrogens is 236 g/mol. The van der Waals surface area contributed by atoms with Gasteiger partial charge in [0.05, 0.1) is 0 Å². The zero-order valence-corrected chi connectivity index (χ0v) is 10.7. The van der Waals surface area contributed by atoms with E-state index < -0.39 is 18.0 Å². The van der Waals surface area contributed by atoms with Gasteiger partial charge in [0.1, 0.15) is 6.04 Å². The molecule has 3 N–H and O–H groups in total. The Balaban J connectivity index is 2.57. The molecular formula is C11H18N4O3. The van der Waals surface area contributed by atoms with Crippen molar-refractivity contribution in [2.24, 2.45) is 5.92 Å². The smallest absolute Gasteiger partial charge is 0.326 e. The summed E-state index contributed by atoms with van der Waals surface area (Å²) in [4.78, 5) is 22.5. The predicted molar refractivity (Wildman–Crippen MR) is 66.3 cm³/mol. The van der Waals surface area contributed by atoms with Gasteiger partial charge in [-0.1, -0.05) is 13.8 Å². The number of aromatic nitrogens is 2. The first-order chi connectivity index (χ1) is 8.43. The molecule has 0 radical (unpaired) electrons. The fraction of sp³-hybridized carbons (Fsp3) is 0.545. The highest BCUT2D eigenvalue weighted by Gasteiger charge is 2.23. The first-order valence-corrected chi connectivity index (χ1v) is 5.77. The predicted octanol–water partition coefficient (Wildman–Crippen LogP) is 1.13. The molecule has 0 fully saturated rings. The Kier molecular flexibility index (Phi) is 4.70. The molecule has 0 spiro atoms. The second kappa shape index (κ2) is 6.04. The number of carboxylic acids is 1. The number of anilines is 1. The van der Waals surface area contributed by atoms with Gasteiger partial charge in [0.15, 0.2) is 5.82 Å². The molecule has 0 saturated carbocycles. The van der Waals surface area contributed by atoms with E-state index in [-0.39, 0.29) is 5.92 Å². The van der Waals surface area contributed by atoms with Gasteiger partial charge in [-0.15, -0.1) is 0 Å². The Morgan fingerprint density at radius 3 is 2.61 bits per heavy atom. The second-order valence-corrected chi connectivity index (χ2v) is 4.22. The Bertz CT molecular complexity index is 428. The lowest BCUT2D eigenvalue weighted by Crippen LogP contribution is -2.46. The van der Waals surface area contributed by atoms with Gasteiger partial charge in [-0.2, -0.15) is 5.10 Å². The highest BCUT2D eigenvalue weighted by molar-refractivity contribution is 5.91. The van der Waals surface area contributed by atoms with Crippen LogP contribution in [0.1, 0.15) is 20.8 Å². The number of amides is 2. The Hall–Kier alpha value is -2.05. The van der Waals surface area contributed by atoms with Gasteiger partial charge in [-0.3, -0.25) is 10.00 Å². The summed E-state index contributed by atoms with van der Waals surface area (Å²) in [6.07, 6.45) is 1.73. The third-order valence-corrected chi connectivity index (χ3v) is 2.43. The maximum Gasteiger partial charge on any atom is 0.326 e.